The van der Waals surface area contributed by atoms with Crippen LogP contribution in [0.4, 0.5) is 5.69 Å². The molecule has 3 nitrogen and oxygen atoms in total. The first-order valence-electron chi connectivity index (χ1n) is 5.75. The van der Waals surface area contributed by atoms with E-state index in [0.717, 1.165) is 24.2 Å². The Kier molecular flexibility index (Phi) is 2.44. The molecule has 17 heavy (non-hydrogen) atoms. The van der Waals surface area contributed by atoms with E-state index in [2.05, 4.69) is 5.32 Å². The molecule has 0 saturated carbocycles. The Morgan fingerprint density at radius 2 is 2.29 bits per heavy atom. The van der Waals surface area contributed by atoms with E-state index in [-0.39, 0.29) is 5.78 Å². The van der Waals surface area contributed by atoms with Gasteiger partial charge in [0.05, 0.1) is 12.7 Å². The summed E-state index contributed by atoms with van der Waals surface area (Å²) in [6.45, 7) is 0.963. The van der Waals surface area contributed by atoms with E-state index in [1.54, 1.807) is 12.3 Å². The van der Waals surface area contributed by atoms with Crippen LogP contribution in [0, 0.1) is 0 Å². The lowest BCUT2D eigenvalue weighted by Crippen LogP contribution is -2.03. The molecule has 2 heterocycles. The lowest BCUT2D eigenvalue weighted by molar-refractivity contribution is 0.0987. The van der Waals surface area contributed by atoms with Gasteiger partial charge in [0, 0.05) is 17.8 Å². The van der Waals surface area contributed by atoms with Gasteiger partial charge in [-0.05, 0) is 42.3 Å². The lowest BCUT2D eigenvalue weighted by atomic mass is 10.0. The van der Waals surface area contributed by atoms with Crippen LogP contribution in [0.1, 0.15) is 21.7 Å². The minimum absolute atomic E-state index is 0.106. The third kappa shape index (κ3) is 1.96. The number of fused-ring (bicyclic) bond motifs is 1. The molecule has 0 aliphatic carbocycles. The molecule has 86 valence electrons. The van der Waals surface area contributed by atoms with Crippen LogP contribution >= 0.6 is 0 Å². The van der Waals surface area contributed by atoms with Crippen molar-refractivity contribution < 1.29 is 9.21 Å². The molecule has 1 aromatic heterocycles. The number of anilines is 1. The van der Waals surface area contributed by atoms with Crippen molar-refractivity contribution >= 4 is 11.5 Å². The molecule has 0 bridgehead atoms. The topological polar surface area (TPSA) is 42.2 Å². The summed E-state index contributed by atoms with van der Waals surface area (Å²) in [5.74, 6) is 0.822. The molecule has 0 spiro atoms. The predicted molar refractivity (Wildman–Crippen MR) is 65.4 cm³/mol. The van der Waals surface area contributed by atoms with Gasteiger partial charge in [-0.3, -0.25) is 4.79 Å². The summed E-state index contributed by atoms with van der Waals surface area (Å²) in [6.07, 6.45) is 2.92. The molecular formula is C14H13NO2. The molecular weight excluding hydrogens is 214 g/mol. The normalized spacial score (nSPS) is 13.2. The predicted octanol–water partition coefficient (Wildman–Crippen LogP) is 2.67. The molecule has 0 amide bonds. The van der Waals surface area contributed by atoms with Gasteiger partial charge in [-0.1, -0.05) is 0 Å². The number of carbonyl (C=O) groups is 1. The summed E-state index contributed by atoms with van der Waals surface area (Å²) < 4.78 is 5.19. The molecule has 1 aliphatic rings. The Morgan fingerprint density at radius 1 is 1.35 bits per heavy atom. The molecule has 0 radical (unpaired) electrons. The zero-order chi connectivity index (χ0) is 11.7. The Balaban J connectivity index is 1.82. The molecule has 1 aliphatic heterocycles. The molecule has 0 unspecified atom stereocenters. The van der Waals surface area contributed by atoms with Crippen molar-refractivity contribution in [2.75, 3.05) is 11.9 Å². The third-order valence-electron chi connectivity index (χ3n) is 3.05. The van der Waals surface area contributed by atoms with Crippen molar-refractivity contribution in [3.05, 3.63) is 53.5 Å². The van der Waals surface area contributed by atoms with Gasteiger partial charge in [-0.2, -0.15) is 0 Å². The second-order valence-corrected chi connectivity index (χ2v) is 4.23. The number of nitrogens with one attached hydrogen (secondary N) is 1. The number of carbonyl (C=O) groups excluding carboxylic acids is 1. The minimum atomic E-state index is 0.106. The lowest BCUT2D eigenvalue weighted by Gasteiger charge is -2.03. The summed E-state index contributed by atoms with van der Waals surface area (Å²) in [5.41, 5.74) is 3.15. The van der Waals surface area contributed by atoms with Gasteiger partial charge < -0.3 is 9.73 Å². The highest BCUT2D eigenvalue weighted by molar-refractivity contribution is 5.97. The number of hydrogen-bond donors (Lipinski definition) is 1. The van der Waals surface area contributed by atoms with E-state index < -0.39 is 0 Å². The first-order valence-corrected chi connectivity index (χ1v) is 5.75. The molecule has 1 aromatic carbocycles. The van der Waals surface area contributed by atoms with Crippen LogP contribution in [0.5, 0.6) is 0 Å². The van der Waals surface area contributed by atoms with E-state index in [0.29, 0.717) is 12.2 Å². The maximum atomic E-state index is 12.0. The van der Waals surface area contributed by atoms with Crippen molar-refractivity contribution in [1.82, 2.24) is 0 Å². The van der Waals surface area contributed by atoms with Crippen LogP contribution in [-0.2, 0) is 12.8 Å². The van der Waals surface area contributed by atoms with Gasteiger partial charge in [-0.15, -0.1) is 0 Å². The molecule has 0 fully saturated rings. The summed E-state index contributed by atoms with van der Waals surface area (Å²) in [6, 6.07) is 9.47. The van der Waals surface area contributed by atoms with Crippen LogP contribution in [-0.4, -0.2) is 12.3 Å². The third-order valence-corrected chi connectivity index (χ3v) is 3.05. The number of ketones is 1. The smallest absolute Gasteiger partial charge is 0.170 e. The fraction of sp³-hybridized carbons (Fsp3) is 0.214. The maximum absolute atomic E-state index is 12.0. The second-order valence-electron chi connectivity index (χ2n) is 4.23. The average molecular weight is 227 g/mol. The van der Waals surface area contributed by atoms with Crippen LogP contribution in [0.2, 0.25) is 0 Å². The van der Waals surface area contributed by atoms with Crippen LogP contribution in [0.15, 0.2) is 41.0 Å². The van der Waals surface area contributed by atoms with Crippen LogP contribution in [0.3, 0.4) is 0 Å². The van der Waals surface area contributed by atoms with Crippen molar-refractivity contribution in [2.24, 2.45) is 0 Å². The van der Waals surface area contributed by atoms with Gasteiger partial charge in [0.2, 0.25) is 0 Å². The highest BCUT2D eigenvalue weighted by atomic mass is 16.3. The van der Waals surface area contributed by atoms with Crippen molar-refractivity contribution in [1.29, 1.82) is 0 Å². The summed E-state index contributed by atoms with van der Waals surface area (Å²) >= 11 is 0. The minimum Gasteiger partial charge on any atom is -0.469 e. The number of hydrogen-bond acceptors (Lipinski definition) is 3. The van der Waals surface area contributed by atoms with Gasteiger partial charge in [0.15, 0.2) is 5.78 Å². The summed E-state index contributed by atoms with van der Waals surface area (Å²) in [4.78, 5) is 12.0. The number of benzene rings is 1. The summed E-state index contributed by atoms with van der Waals surface area (Å²) in [7, 11) is 0. The second kappa shape index (κ2) is 4.09. The molecule has 3 heteroatoms. The van der Waals surface area contributed by atoms with Gasteiger partial charge in [-0.25, -0.2) is 0 Å². The standard InChI is InChI=1S/C14H13NO2/c16-14(9-12-2-1-7-17-12)11-3-4-13-10(8-11)5-6-15-13/h1-4,7-8,15H,5-6,9H2. The monoisotopic (exact) mass is 227 g/mol. The van der Waals surface area contributed by atoms with Crippen molar-refractivity contribution in [2.45, 2.75) is 12.8 Å². The van der Waals surface area contributed by atoms with E-state index in [1.165, 1.54) is 5.56 Å². The van der Waals surface area contributed by atoms with Gasteiger partial charge in [0.1, 0.15) is 5.76 Å². The Morgan fingerprint density at radius 3 is 3.12 bits per heavy atom. The summed E-state index contributed by atoms with van der Waals surface area (Å²) in [5, 5.41) is 3.28. The van der Waals surface area contributed by atoms with Gasteiger partial charge >= 0.3 is 0 Å². The van der Waals surface area contributed by atoms with E-state index in [4.69, 9.17) is 4.42 Å². The highest BCUT2D eigenvalue weighted by Crippen LogP contribution is 2.23. The van der Waals surface area contributed by atoms with E-state index >= 15 is 0 Å². The molecule has 0 atom stereocenters. The van der Waals surface area contributed by atoms with Crippen LogP contribution < -0.4 is 5.32 Å². The zero-order valence-electron chi connectivity index (χ0n) is 9.40. The van der Waals surface area contributed by atoms with Crippen LogP contribution in [0.25, 0.3) is 0 Å². The first-order chi connectivity index (χ1) is 8.33. The van der Waals surface area contributed by atoms with Gasteiger partial charge in [0.25, 0.3) is 0 Å². The number of furan rings is 1. The Hall–Kier alpha value is -2.03. The fourth-order valence-electron chi connectivity index (χ4n) is 2.15. The first kappa shape index (κ1) is 10.1. The molecule has 1 N–H and O–H groups in total. The van der Waals surface area contributed by atoms with E-state index in [1.807, 2.05) is 24.3 Å². The number of Topliss-reactive ketones (excluding diaryl/α,β-unsaturated/α-hetero) is 1. The molecule has 0 saturated heterocycles. The average Bonchev–Trinajstić information content (AvgIpc) is 2.97. The zero-order valence-corrected chi connectivity index (χ0v) is 9.40. The van der Waals surface area contributed by atoms with Crippen molar-refractivity contribution in [3.63, 3.8) is 0 Å². The number of rotatable bonds is 3. The quantitative estimate of drug-likeness (QED) is 0.820. The van der Waals surface area contributed by atoms with E-state index in [9.17, 15) is 4.79 Å². The van der Waals surface area contributed by atoms with Crippen molar-refractivity contribution in [3.8, 4) is 0 Å². The maximum Gasteiger partial charge on any atom is 0.170 e. The largest absolute Gasteiger partial charge is 0.469 e. The Bertz CT molecular complexity index is 543. The molecule has 3 rings (SSSR count). The highest BCUT2D eigenvalue weighted by Gasteiger charge is 2.14. The Labute approximate surface area is 99.4 Å². The fourth-order valence-corrected chi connectivity index (χ4v) is 2.15. The SMILES string of the molecule is O=C(Cc1ccco1)c1ccc2c(c1)CCN2. The molecule has 2 aromatic rings.